The van der Waals surface area contributed by atoms with Gasteiger partial charge in [-0.15, -0.1) is 0 Å². The normalized spacial score (nSPS) is 14.4. The van der Waals surface area contributed by atoms with Crippen LogP contribution in [0.1, 0.15) is 18.9 Å². The Balaban J connectivity index is 2.12. The standard InChI is InChI=1S/C19H15Cl2FN2O2/c1-2-8-24-18(25)16(14-7-6-11(20)9-15(14)21)17(19(24)26)23-13-5-3-4-12(22)10-13/h3-7,9-10,23H,2,8H2,1H3. The van der Waals surface area contributed by atoms with Gasteiger partial charge in [0.15, 0.2) is 0 Å². The maximum atomic E-state index is 13.5. The molecule has 0 aromatic heterocycles. The second-order valence-electron chi connectivity index (χ2n) is 5.77. The minimum absolute atomic E-state index is 0.0678. The summed E-state index contributed by atoms with van der Waals surface area (Å²) in [5.41, 5.74) is 0.974. The molecule has 4 nitrogen and oxygen atoms in total. The van der Waals surface area contributed by atoms with Crippen LogP contribution in [0.15, 0.2) is 48.2 Å². The summed E-state index contributed by atoms with van der Waals surface area (Å²) in [5, 5.41) is 3.55. The molecule has 1 N–H and O–H groups in total. The largest absolute Gasteiger partial charge is 0.350 e. The second kappa shape index (κ2) is 7.48. The lowest BCUT2D eigenvalue weighted by Crippen LogP contribution is -2.33. The zero-order valence-corrected chi connectivity index (χ0v) is 15.4. The first-order valence-electron chi connectivity index (χ1n) is 8.01. The summed E-state index contributed by atoms with van der Waals surface area (Å²) < 4.78 is 13.5. The van der Waals surface area contributed by atoms with Crippen LogP contribution in [0.2, 0.25) is 10.0 Å². The van der Waals surface area contributed by atoms with Crippen LogP contribution in [0.25, 0.3) is 5.57 Å². The highest BCUT2D eigenvalue weighted by Crippen LogP contribution is 2.35. The SMILES string of the molecule is CCCN1C(=O)C(Nc2cccc(F)c2)=C(c2ccc(Cl)cc2Cl)C1=O. The van der Waals surface area contributed by atoms with E-state index in [0.29, 0.717) is 22.7 Å². The van der Waals surface area contributed by atoms with E-state index in [0.717, 1.165) is 4.90 Å². The van der Waals surface area contributed by atoms with Gasteiger partial charge >= 0.3 is 0 Å². The molecule has 0 radical (unpaired) electrons. The molecule has 0 saturated heterocycles. The van der Waals surface area contributed by atoms with E-state index in [2.05, 4.69) is 5.32 Å². The number of carbonyl (C=O) groups excluding carboxylic acids is 2. The lowest BCUT2D eigenvalue weighted by atomic mass is 10.0. The van der Waals surface area contributed by atoms with Gasteiger partial charge in [-0.3, -0.25) is 14.5 Å². The number of hydrogen-bond donors (Lipinski definition) is 1. The molecule has 2 aromatic carbocycles. The van der Waals surface area contributed by atoms with Crippen LogP contribution in [-0.4, -0.2) is 23.3 Å². The Morgan fingerprint density at radius 3 is 2.50 bits per heavy atom. The molecule has 0 bridgehead atoms. The summed E-state index contributed by atoms with van der Waals surface area (Å²) in [4.78, 5) is 26.8. The van der Waals surface area contributed by atoms with Gasteiger partial charge in [0.05, 0.1) is 10.6 Å². The molecule has 0 atom stereocenters. The van der Waals surface area contributed by atoms with E-state index in [1.165, 1.54) is 24.3 Å². The van der Waals surface area contributed by atoms with Crippen molar-refractivity contribution < 1.29 is 14.0 Å². The molecule has 2 aromatic rings. The topological polar surface area (TPSA) is 49.4 Å². The molecule has 1 heterocycles. The molecule has 0 unspecified atom stereocenters. The smallest absolute Gasteiger partial charge is 0.278 e. The van der Waals surface area contributed by atoms with Crippen LogP contribution >= 0.6 is 23.2 Å². The van der Waals surface area contributed by atoms with Crippen LogP contribution in [0, 0.1) is 5.82 Å². The van der Waals surface area contributed by atoms with Gasteiger partial charge in [-0.05, 0) is 36.8 Å². The van der Waals surface area contributed by atoms with E-state index in [1.807, 2.05) is 6.92 Å². The number of amides is 2. The minimum atomic E-state index is -0.470. The molecule has 0 spiro atoms. The molecule has 2 amide bonds. The summed E-state index contributed by atoms with van der Waals surface area (Å²) in [5.74, 6) is -1.37. The third-order valence-corrected chi connectivity index (χ3v) is 4.46. The van der Waals surface area contributed by atoms with Gasteiger partial charge in [0.25, 0.3) is 11.8 Å². The monoisotopic (exact) mass is 392 g/mol. The van der Waals surface area contributed by atoms with Crippen LogP contribution in [0.4, 0.5) is 10.1 Å². The van der Waals surface area contributed by atoms with Gasteiger partial charge < -0.3 is 5.32 Å². The number of imide groups is 1. The van der Waals surface area contributed by atoms with E-state index in [-0.39, 0.29) is 22.8 Å². The molecular weight excluding hydrogens is 378 g/mol. The summed E-state index contributed by atoms with van der Waals surface area (Å²) in [6.07, 6.45) is 0.617. The Bertz CT molecular complexity index is 928. The van der Waals surface area contributed by atoms with Crippen LogP contribution in [0.5, 0.6) is 0 Å². The quantitative estimate of drug-likeness (QED) is 0.747. The minimum Gasteiger partial charge on any atom is -0.350 e. The van der Waals surface area contributed by atoms with Crippen molar-refractivity contribution in [2.75, 3.05) is 11.9 Å². The fraction of sp³-hybridized carbons (Fsp3) is 0.158. The van der Waals surface area contributed by atoms with Crippen molar-refractivity contribution in [2.24, 2.45) is 0 Å². The Kier molecular flexibility index (Phi) is 5.30. The zero-order valence-electron chi connectivity index (χ0n) is 13.9. The summed E-state index contributed by atoms with van der Waals surface area (Å²) in [6, 6.07) is 10.3. The first-order valence-corrected chi connectivity index (χ1v) is 8.76. The van der Waals surface area contributed by atoms with Crippen molar-refractivity contribution in [3.05, 3.63) is 69.6 Å². The molecule has 0 saturated carbocycles. The van der Waals surface area contributed by atoms with E-state index in [9.17, 15) is 14.0 Å². The first kappa shape index (κ1) is 18.4. The highest BCUT2D eigenvalue weighted by Gasteiger charge is 2.39. The fourth-order valence-corrected chi connectivity index (χ4v) is 3.27. The summed E-state index contributed by atoms with van der Waals surface area (Å²) in [7, 11) is 0. The highest BCUT2D eigenvalue weighted by molar-refractivity contribution is 6.41. The number of halogens is 3. The summed E-state index contributed by atoms with van der Waals surface area (Å²) >= 11 is 12.2. The van der Waals surface area contributed by atoms with Crippen LogP contribution < -0.4 is 5.32 Å². The second-order valence-corrected chi connectivity index (χ2v) is 6.62. The molecule has 134 valence electrons. The number of nitrogens with zero attached hydrogens (tertiary/aromatic N) is 1. The van der Waals surface area contributed by atoms with Gasteiger partial charge in [0.1, 0.15) is 11.5 Å². The predicted octanol–water partition coefficient (Wildman–Crippen LogP) is 4.73. The van der Waals surface area contributed by atoms with Gasteiger partial charge in [0, 0.05) is 22.8 Å². The Morgan fingerprint density at radius 1 is 1.08 bits per heavy atom. The van der Waals surface area contributed by atoms with Gasteiger partial charge in [0.2, 0.25) is 0 Å². The molecule has 26 heavy (non-hydrogen) atoms. The number of nitrogens with one attached hydrogen (secondary N) is 1. The fourth-order valence-electron chi connectivity index (χ4n) is 2.77. The highest BCUT2D eigenvalue weighted by atomic mass is 35.5. The molecule has 0 aliphatic carbocycles. The van der Waals surface area contributed by atoms with E-state index >= 15 is 0 Å². The molecule has 3 rings (SSSR count). The third-order valence-electron chi connectivity index (χ3n) is 3.91. The Hall–Kier alpha value is -2.37. The maximum absolute atomic E-state index is 13.5. The molecule has 1 aliphatic heterocycles. The van der Waals surface area contributed by atoms with Crippen molar-refractivity contribution >= 4 is 46.3 Å². The lowest BCUT2D eigenvalue weighted by Gasteiger charge is -2.13. The molecular formula is C19H15Cl2FN2O2. The van der Waals surface area contributed by atoms with Crippen molar-refractivity contribution in [2.45, 2.75) is 13.3 Å². The molecule has 7 heteroatoms. The van der Waals surface area contributed by atoms with Gasteiger partial charge in [-0.1, -0.05) is 42.3 Å². The van der Waals surface area contributed by atoms with Crippen molar-refractivity contribution in [1.82, 2.24) is 4.90 Å². The number of carbonyl (C=O) groups is 2. The number of anilines is 1. The molecule has 1 aliphatic rings. The average molecular weight is 393 g/mol. The van der Waals surface area contributed by atoms with Crippen LogP contribution in [-0.2, 0) is 9.59 Å². The zero-order chi connectivity index (χ0) is 18.8. The van der Waals surface area contributed by atoms with Crippen LogP contribution in [0.3, 0.4) is 0 Å². The average Bonchev–Trinajstić information content (AvgIpc) is 2.80. The lowest BCUT2D eigenvalue weighted by molar-refractivity contribution is -0.136. The first-order chi connectivity index (χ1) is 12.4. The Labute approximate surface area is 160 Å². The van der Waals surface area contributed by atoms with E-state index in [4.69, 9.17) is 23.2 Å². The maximum Gasteiger partial charge on any atom is 0.278 e. The summed E-state index contributed by atoms with van der Waals surface area (Å²) in [6.45, 7) is 2.15. The van der Waals surface area contributed by atoms with Crippen molar-refractivity contribution in [3.8, 4) is 0 Å². The molecule has 0 fully saturated rings. The van der Waals surface area contributed by atoms with Gasteiger partial charge in [-0.25, -0.2) is 4.39 Å². The van der Waals surface area contributed by atoms with E-state index < -0.39 is 17.6 Å². The number of rotatable bonds is 5. The van der Waals surface area contributed by atoms with Crippen molar-refractivity contribution in [3.63, 3.8) is 0 Å². The van der Waals surface area contributed by atoms with Gasteiger partial charge in [-0.2, -0.15) is 0 Å². The number of benzene rings is 2. The predicted molar refractivity (Wildman–Crippen MR) is 100 cm³/mol. The number of hydrogen-bond acceptors (Lipinski definition) is 3. The van der Waals surface area contributed by atoms with E-state index in [1.54, 1.807) is 18.2 Å². The van der Waals surface area contributed by atoms with Crippen molar-refractivity contribution in [1.29, 1.82) is 0 Å². The Morgan fingerprint density at radius 2 is 1.85 bits per heavy atom. The third kappa shape index (κ3) is 3.45.